The summed E-state index contributed by atoms with van der Waals surface area (Å²) in [5.74, 6) is -0.622. The molecule has 158 valence electrons. The molecule has 29 heavy (non-hydrogen) atoms. The Balaban J connectivity index is 1.44. The summed E-state index contributed by atoms with van der Waals surface area (Å²) in [5, 5.41) is 1.15. The number of amides is 1. The molecule has 1 saturated heterocycles. The molecule has 1 aromatic carbocycles. The van der Waals surface area contributed by atoms with Gasteiger partial charge in [0.1, 0.15) is 0 Å². The zero-order valence-electron chi connectivity index (χ0n) is 16.7. The van der Waals surface area contributed by atoms with E-state index in [2.05, 4.69) is 4.98 Å². The molecule has 2 heterocycles. The third-order valence-electron chi connectivity index (χ3n) is 5.29. The number of ether oxygens (including phenoxy) is 1. The standard InChI is InChI=1S/C21H28N2O5S/c1-2-11-23(17-10-12-29(26,27)15-17)20(24)14-28-21(25)9-5-6-16-13-22-19-8-4-3-7-18(16)19/h3-4,7-8,13,17,22H,2,5-6,9-12,14-15H2,1H3/t17-/m1/s1. The van der Waals surface area contributed by atoms with Crippen molar-refractivity contribution in [1.82, 2.24) is 9.88 Å². The first-order chi connectivity index (χ1) is 13.9. The lowest BCUT2D eigenvalue weighted by molar-refractivity contribution is -0.153. The zero-order valence-corrected chi connectivity index (χ0v) is 17.5. The van der Waals surface area contributed by atoms with E-state index in [1.165, 1.54) is 0 Å². The Kier molecular flexibility index (Phi) is 6.95. The quantitative estimate of drug-likeness (QED) is 0.629. The van der Waals surface area contributed by atoms with Crippen molar-refractivity contribution in [3.8, 4) is 0 Å². The number of hydrogen-bond donors (Lipinski definition) is 1. The second-order valence-corrected chi connectivity index (χ2v) is 9.75. The monoisotopic (exact) mass is 420 g/mol. The first-order valence-corrected chi connectivity index (χ1v) is 11.9. The van der Waals surface area contributed by atoms with Gasteiger partial charge in [0.05, 0.1) is 11.5 Å². The van der Waals surface area contributed by atoms with Crippen LogP contribution in [0.1, 0.15) is 38.2 Å². The van der Waals surface area contributed by atoms with Gasteiger partial charge in [-0.1, -0.05) is 25.1 Å². The minimum Gasteiger partial charge on any atom is -0.456 e. The minimum absolute atomic E-state index is 0.00267. The highest BCUT2D eigenvalue weighted by Crippen LogP contribution is 2.20. The fourth-order valence-corrected chi connectivity index (χ4v) is 5.56. The molecule has 0 saturated carbocycles. The van der Waals surface area contributed by atoms with E-state index in [0.717, 1.165) is 29.3 Å². The number of benzene rings is 1. The highest BCUT2D eigenvalue weighted by molar-refractivity contribution is 7.91. The van der Waals surface area contributed by atoms with Gasteiger partial charge >= 0.3 is 5.97 Å². The first-order valence-electron chi connectivity index (χ1n) is 10.1. The number of carbonyl (C=O) groups is 2. The largest absolute Gasteiger partial charge is 0.456 e. The Labute approximate surface area is 171 Å². The SMILES string of the molecule is CCCN(C(=O)COC(=O)CCCc1c[nH]c2ccccc12)[C@@H]1CCS(=O)(=O)C1. The van der Waals surface area contributed by atoms with Gasteiger partial charge in [-0.3, -0.25) is 9.59 Å². The van der Waals surface area contributed by atoms with Gasteiger partial charge in [-0.15, -0.1) is 0 Å². The number of esters is 1. The second kappa shape index (κ2) is 9.43. The third kappa shape index (κ3) is 5.59. The van der Waals surface area contributed by atoms with Gasteiger partial charge in [0.2, 0.25) is 0 Å². The van der Waals surface area contributed by atoms with E-state index in [4.69, 9.17) is 4.74 Å². The number of aryl methyl sites for hydroxylation is 1. The fourth-order valence-electron chi connectivity index (χ4n) is 3.83. The van der Waals surface area contributed by atoms with Crippen molar-refractivity contribution in [2.75, 3.05) is 24.7 Å². The number of rotatable bonds is 9. The van der Waals surface area contributed by atoms with E-state index in [1.807, 2.05) is 37.4 Å². The van der Waals surface area contributed by atoms with Gasteiger partial charge in [-0.05, 0) is 37.3 Å². The molecule has 0 radical (unpaired) electrons. The summed E-state index contributed by atoms with van der Waals surface area (Å²) >= 11 is 0. The molecule has 0 aliphatic carbocycles. The lowest BCUT2D eigenvalue weighted by Gasteiger charge is -2.27. The Bertz CT molecular complexity index is 966. The van der Waals surface area contributed by atoms with Crippen molar-refractivity contribution in [2.45, 2.75) is 45.1 Å². The van der Waals surface area contributed by atoms with E-state index >= 15 is 0 Å². The van der Waals surface area contributed by atoms with Crippen LogP contribution in [0.25, 0.3) is 10.9 Å². The van der Waals surface area contributed by atoms with Gasteiger partial charge in [-0.25, -0.2) is 8.42 Å². The Morgan fingerprint density at radius 3 is 2.79 bits per heavy atom. The topological polar surface area (TPSA) is 96.5 Å². The maximum absolute atomic E-state index is 12.5. The summed E-state index contributed by atoms with van der Waals surface area (Å²) in [6.45, 7) is 2.07. The van der Waals surface area contributed by atoms with Crippen LogP contribution >= 0.6 is 0 Å². The molecule has 1 fully saturated rings. The van der Waals surface area contributed by atoms with Crippen LogP contribution in [-0.2, 0) is 30.6 Å². The van der Waals surface area contributed by atoms with Gasteiger partial charge in [0, 0.05) is 36.1 Å². The summed E-state index contributed by atoms with van der Waals surface area (Å²) in [5.41, 5.74) is 2.22. The second-order valence-electron chi connectivity index (χ2n) is 7.52. The molecule has 1 aliphatic rings. The number of H-pyrrole nitrogens is 1. The highest BCUT2D eigenvalue weighted by atomic mass is 32.2. The number of nitrogens with one attached hydrogen (secondary N) is 1. The number of sulfone groups is 1. The average molecular weight is 421 g/mol. The molecule has 8 heteroatoms. The van der Waals surface area contributed by atoms with E-state index in [1.54, 1.807) is 4.90 Å². The van der Waals surface area contributed by atoms with E-state index < -0.39 is 15.8 Å². The molecule has 1 atom stereocenters. The molecule has 7 nitrogen and oxygen atoms in total. The molecule has 3 rings (SSSR count). The smallest absolute Gasteiger partial charge is 0.306 e. The number of fused-ring (bicyclic) bond motifs is 1. The van der Waals surface area contributed by atoms with Crippen molar-refractivity contribution in [3.05, 3.63) is 36.0 Å². The Morgan fingerprint density at radius 2 is 2.07 bits per heavy atom. The van der Waals surface area contributed by atoms with Gasteiger partial charge in [0.25, 0.3) is 5.91 Å². The highest BCUT2D eigenvalue weighted by Gasteiger charge is 2.34. The molecule has 0 bridgehead atoms. The number of carbonyl (C=O) groups excluding carboxylic acids is 2. The van der Waals surface area contributed by atoms with Crippen molar-refractivity contribution in [3.63, 3.8) is 0 Å². The lowest BCUT2D eigenvalue weighted by Crippen LogP contribution is -2.43. The van der Waals surface area contributed by atoms with Crippen LogP contribution in [0.2, 0.25) is 0 Å². The maximum atomic E-state index is 12.5. The number of nitrogens with zero attached hydrogens (tertiary/aromatic N) is 1. The van der Waals surface area contributed by atoms with E-state index in [-0.39, 0.29) is 36.5 Å². The summed E-state index contributed by atoms with van der Waals surface area (Å²) in [4.78, 5) is 29.3. The fraction of sp³-hybridized carbons (Fsp3) is 0.524. The maximum Gasteiger partial charge on any atom is 0.306 e. The molecule has 2 aromatic rings. The molecule has 1 amide bonds. The summed E-state index contributed by atoms with van der Waals surface area (Å²) in [6, 6.07) is 7.70. The van der Waals surface area contributed by atoms with Crippen LogP contribution in [0.3, 0.4) is 0 Å². The van der Waals surface area contributed by atoms with E-state index in [0.29, 0.717) is 19.4 Å². The van der Waals surface area contributed by atoms with Gasteiger partial charge in [-0.2, -0.15) is 0 Å². The van der Waals surface area contributed by atoms with Gasteiger partial charge < -0.3 is 14.6 Å². The molecular weight excluding hydrogens is 392 g/mol. The van der Waals surface area contributed by atoms with E-state index in [9.17, 15) is 18.0 Å². The average Bonchev–Trinajstić information content (AvgIpc) is 3.27. The number of aromatic nitrogens is 1. The zero-order chi connectivity index (χ0) is 20.9. The minimum atomic E-state index is -3.08. The molecule has 1 aliphatic heterocycles. The van der Waals surface area contributed by atoms with Crippen LogP contribution in [0, 0.1) is 0 Å². The number of hydrogen-bond acceptors (Lipinski definition) is 5. The lowest BCUT2D eigenvalue weighted by atomic mass is 10.1. The number of aromatic amines is 1. The molecule has 1 N–H and O–H groups in total. The predicted octanol–water partition coefficient (Wildman–Crippen LogP) is 2.46. The van der Waals surface area contributed by atoms with Crippen molar-refractivity contribution < 1.29 is 22.7 Å². The van der Waals surface area contributed by atoms with Crippen molar-refractivity contribution in [1.29, 1.82) is 0 Å². The normalized spacial score (nSPS) is 18.0. The molecule has 0 unspecified atom stereocenters. The third-order valence-corrected chi connectivity index (χ3v) is 7.04. The molecule has 0 spiro atoms. The first kappa shape index (κ1) is 21.4. The summed E-state index contributed by atoms with van der Waals surface area (Å²) < 4.78 is 28.6. The molecular formula is C21H28N2O5S. The summed E-state index contributed by atoms with van der Waals surface area (Å²) in [7, 11) is -3.08. The van der Waals surface area contributed by atoms with Crippen LogP contribution in [0.15, 0.2) is 30.5 Å². The summed E-state index contributed by atoms with van der Waals surface area (Å²) in [6.07, 6.45) is 4.74. The van der Waals surface area contributed by atoms with Crippen molar-refractivity contribution >= 4 is 32.6 Å². The molecule has 1 aromatic heterocycles. The van der Waals surface area contributed by atoms with Crippen molar-refractivity contribution in [2.24, 2.45) is 0 Å². The van der Waals surface area contributed by atoms with Crippen LogP contribution < -0.4 is 0 Å². The van der Waals surface area contributed by atoms with Crippen LogP contribution in [0.5, 0.6) is 0 Å². The van der Waals surface area contributed by atoms with Crippen LogP contribution in [0.4, 0.5) is 0 Å². The number of para-hydroxylation sites is 1. The Hall–Kier alpha value is -2.35. The Morgan fingerprint density at radius 1 is 1.28 bits per heavy atom. The predicted molar refractivity (Wildman–Crippen MR) is 111 cm³/mol. The van der Waals surface area contributed by atoms with Gasteiger partial charge in [0.15, 0.2) is 16.4 Å². The van der Waals surface area contributed by atoms with Crippen LogP contribution in [-0.4, -0.2) is 60.9 Å².